The molecule has 0 bridgehead atoms. The highest BCUT2D eigenvalue weighted by Crippen LogP contribution is 2.08. The number of carboxylic acid groups (broad SMARTS) is 1. The third-order valence-electron chi connectivity index (χ3n) is 3.16. The molecule has 0 radical (unpaired) electrons. The highest BCUT2D eigenvalue weighted by molar-refractivity contribution is 5.85. The molecule has 0 aromatic heterocycles. The lowest BCUT2D eigenvalue weighted by Gasteiger charge is -2.24. The van der Waals surface area contributed by atoms with Crippen molar-refractivity contribution in [1.82, 2.24) is 10.6 Å². The van der Waals surface area contributed by atoms with Crippen molar-refractivity contribution in [3.8, 4) is 0 Å². The molecular weight excluding hydrogens is 263 g/mol. The first kappa shape index (κ1) is 15.9. The van der Waals surface area contributed by atoms with E-state index in [2.05, 4.69) is 10.6 Å². The van der Waals surface area contributed by atoms with E-state index >= 15 is 0 Å². The number of aliphatic carboxylic acids is 1. The zero-order valence-corrected chi connectivity index (χ0v) is 11.6. The zero-order valence-electron chi connectivity index (χ0n) is 11.6. The average molecular weight is 282 g/mol. The highest BCUT2D eigenvalue weighted by Gasteiger charge is 2.32. The predicted octanol–water partition coefficient (Wildman–Crippen LogP) is 1.92. The van der Waals surface area contributed by atoms with Gasteiger partial charge < -0.3 is 15.7 Å². The molecule has 0 aliphatic carbocycles. The molecule has 6 heteroatoms. The van der Waals surface area contributed by atoms with E-state index in [1.165, 1.54) is 19.1 Å². The molecule has 0 aliphatic heterocycles. The van der Waals surface area contributed by atoms with E-state index in [-0.39, 0.29) is 12.2 Å². The monoisotopic (exact) mass is 282 g/mol. The first-order chi connectivity index (χ1) is 9.37. The third kappa shape index (κ3) is 4.53. The second-order valence-corrected chi connectivity index (χ2v) is 4.75. The Bertz CT molecular complexity index is 493. The Balaban J connectivity index is 2.42. The van der Waals surface area contributed by atoms with Crippen molar-refractivity contribution < 1.29 is 19.1 Å². The maximum absolute atomic E-state index is 12.9. The van der Waals surface area contributed by atoms with E-state index in [4.69, 9.17) is 5.11 Å². The molecule has 0 spiro atoms. The normalized spacial score (nSPS) is 13.3. The number of carbonyl (C=O) groups is 2. The molecule has 20 heavy (non-hydrogen) atoms. The van der Waals surface area contributed by atoms with Gasteiger partial charge in [-0.3, -0.25) is 0 Å². The number of rotatable bonds is 6. The fourth-order valence-corrected chi connectivity index (χ4v) is 1.60. The van der Waals surface area contributed by atoms with Crippen LogP contribution in [0.5, 0.6) is 0 Å². The van der Waals surface area contributed by atoms with E-state index in [1.807, 2.05) is 0 Å². The van der Waals surface area contributed by atoms with E-state index in [0.717, 1.165) is 5.56 Å². The molecule has 0 saturated heterocycles. The van der Waals surface area contributed by atoms with Crippen LogP contribution in [0, 0.1) is 5.82 Å². The summed E-state index contributed by atoms with van der Waals surface area (Å²) in [5.41, 5.74) is -0.523. The number of carboxylic acids is 1. The molecule has 1 atom stereocenters. The minimum absolute atomic E-state index is 0.277. The van der Waals surface area contributed by atoms with Crippen LogP contribution in [0.25, 0.3) is 0 Å². The second kappa shape index (κ2) is 6.88. The Hall–Kier alpha value is -2.11. The third-order valence-corrected chi connectivity index (χ3v) is 3.16. The summed E-state index contributed by atoms with van der Waals surface area (Å²) >= 11 is 0. The van der Waals surface area contributed by atoms with Crippen molar-refractivity contribution in [1.29, 1.82) is 0 Å². The Morgan fingerprint density at radius 3 is 2.65 bits per heavy atom. The maximum Gasteiger partial charge on any atom is 0.329 e. The Kier molecular flexibility index (Phi) is 5.49. The van der Waals surface area contributed by atoms with Crippen LogP contribution in [0.15, 0.2) is 24.3 Å². The minimum Gasteiger partial charge on any atom is -0.480 e. The summed E-state index contributed by atoms with van der Waals surface area (Å²) in [6.45, 7) is 3.43. The van der Waals surface area contributed by atoms with Crippen LogP contribution in [0.1, 0.15) is 25.8 Å². The summed E-state index contributed by atoms with van der Waals surface area (Å²) in [7, 11) is 0. The van der Waals surface area contributed by atoms with Crippen LogP contribution in [-0.4, -0.2) is 29.2 Å². The van der Waals surface area contributed by atoms with Crippen LogP contribution in [0.2, 0.25) is 0 Å². The molecule has 110 valence electrons. The molecule has 1 aromatic carbocycles. The Labute approximate surface area is 117 Å². The summed E-state index contributed by atoms with van der Waals surface area (Å²) in [5.74, 6) is -1.41. The van der Waals surface area contributed by atoms with Crippen LogP contribution in [-0.2, 0) is 11.2 Å². The second-order valence-electron chi connectivity index (χ2n) is 4.75. The predicted molar refractivity (Wildman–Crippen MR) is 73.0 cm³/mol. The van der Waals surface area contributed by atoms with Crippen LogP contribution in [0.3, 0.4) is 0 Å². The summed E-state index contributed by atoms with van der Waals surface area (Å²) in [6.07, 6.45) is 0.751. The number of halogens is 1. The van der Waals surface area contributed by atoms with Gasteiger partial charge in [-0.25, -0.2) is 14.0 Å². The topological polar surface area (TPSA) is 78.4 Å². The molecule has 5 nitrogen and oxygen atoms in total. The van der Waals surface area contributed by atoms with Gasteiger partial charge in [0, 0.05) is 6.54 Å². The van der Waals surface area contributed by atoms with E-state index < -0.39 is 17.5 Å². The highest BCUT2D eigenvalue weighted by atomic mass is 19.1. The minimum atomic E-state index is -1.29. The van der Waals surface area contributed by atoms with Gasteiger partial charge in [0.1, 0.15) is 11.4 Å². The van der Waals surface area contributed by atoms with Crippen molar-refractivity contribution in [2.45, 2.75) is 32.2 Å². The SMILES string of the molecule is CCC(C)(NC(=O)NCCc1cccc(F)c1)C(=O)O. The standard InChI is InChI=1S/C14H19FN2O3/c1-3-14(2,12(18)19)17-13(20)16-8-7-10-5-4-6-11(15)9-10/h4-6,9H,3,7-8H2,1-2H3,(H,18,19)(H2,16,17,20). The lowest BCUT2D eigenvalue weighted by Crippen LogP contribution is -2.55. The molecule has 1 rings (SSSR count). The molecule has 0 saturated carbocycles. The van der Waals surface area contributed by atoms with Gasteiger partial charge in [-0.05, 0) is 37.5 Å². The van der Waals surface area contributed by atoms with Gasteiger partial charge in [0.2, 0.25) is 0 Å². The summed E-state index contributed by atoms with van der Waals surface area (Å²) in [6, 6.07) is 5.56. The van der Waals surface area contributed by atoms with Crippen molar-refractivity contribution >= 4 is 12.0 Å². The van der Waals surface area contributed by atoms with Crippen molar-refractivity contribution in [2.24, 2.45) is 0 Å². The van der Waals surface area contributed by atoms with Crippen LogP contribution < -0.4 is 10.6 Å². The number of hydrogen-bond acceptors (Lipinski definition) is 2. The number of benzene rings is 1. The maximum atomic E-state index is 12.9. The summed E-state index contributed by atoms with van der Waals surface area (Å²) in [4.78, 5) is 22.7. The van der Waals surface area contributed by atoms with E-state index in [0.29, 0.717) is 13.0 Å². The lowest BCUT2D eigenvalue weighted by molar-refractivity contribution is -0.143. The Morgan fingerprint density at radius 1 is 1.40 bits per heavy atom. The molecule has 2 amide bonds. The first-order valence-corrected chi connectivity index (χ1v) is 6.41. The van der Waals surface area contributed by atoms with Crippen molar-refractivity contribution in [2.75, 3.05) is 6.54 Å². The summed E-state index contributed by atoms with van der Waals surface area (Å²) < 4.78 is 12.9. The van der Waals surface area contributed by atoms with E-state index in [1.54, 1.807) is 19.1 Å². The lowest BCUT2D eigenvalue weighted by atomic mass is 10.00. The van der Waals surface area contributed by atoms with Gasteiger partial charge in [0.05, 0.1) is 0 Å². The van der Waals surface area contributed by atoms with Crippen molar-refractivity contribution in [3.05, 3.63) is 35.6 Å². The molecular formula is C14H19FN2O3. The number of urea groups is 1. The van der Waals surface area contributed by atoms with Gasteiger partial charge in [-0.15, -0.1) is 0 Å². The van der Waals surface area contributed by atoms with Gasteiger partial charge in [-0.2, -0.15) is 0 Å². The fraction of sp³-hybridized carbons (Fsp3) is 0.429. The number of hydrogen-bond donors (Lipinski definition) is 3. The van der Waals surface area contributed by atoms with Crippen LogP contribution in [0.4, 0.5) is 9.18 Å². The number of nitrogens with one attached hydrogen (secondary N) is 2. The molecule has 0 fully saturated rings. The van der Waals surface area contributed by atoms with Crippen LogP contribution >= 0.6 is 0 Å². The van der Waals surface area contributed by atoms with Gasteiger partial charge in [0.25, 0.3) is 0 Å². The largest absolute Gasteiger partial charge is 0.480 e. The molecule has 0 heterocycles. The smallest absolute Gasteiger partial charge is 0.329 e. The quantitative estimate of drug-likeness (QED) is 0.746. The summed E-state index contributed by atoms with van der Waals surface area (Å²) in [5, 5.41) is 14.0. The fourth-order valence-electron chi connectivity index (χ4n) is 1.60. The van der Waals surface area contributed by atoms with Gasteiger partial charge in [-0.1, -0.05) is 19.1 Å². The molecule has 3 N–H and O–H groups in total. The number of carbonyl (C=O) groups excluding carboxylic acids is 1. The van der Waals surface area contributed by atoms with Gasteiger partial charge >= 0.3 is 12.0 Å². The van der Waals surface area contributed by atoms with Crippen molar-refractivity contribution in [3.63, 3.8) is 0 Å². The van der Waals surface area contributed by atoms with E-state index in [9.17, 15) is 14.0 Å². The average Bonchev–Trinajstić information content (AvgIpc) is 2.38. The van der Waals surface area contributed by atoms with Gasteiger partial charge in [0.15, 0.2) is 0 Å². The first-order valence-electron chi connectivity index (χ1n) is 6.41. The molecule has 1 aromatic rings. The molecule has 1 unspecified atom stereocenters. The Morgan fingerprint density at radius 2 is 2.10 bits per heavy atom. The molecule has 0 aliphatic rings. The zero-order chi connectivity index (χ0) is 15.2. The number of amides is 2.